The zero-order chi connectivity index (χ0) is 18.2. The van der Waals surface area contributed by atoms with Crippen LogP contribution in [0.3, 0.4) is 0 Å². The summed E-state index contributed by atoms with van der Waals surface area (Å²) in [6.07, 6.45) is 0. The molecule has 136 valence electrons. The molecule has 1 heterocycles. The molecule has 25 heavy (non-hydrogen) atoms. The van der Waals surface area contributed by atoms with Gasteiger partial charge in [0.1, 0.15) is 5.75 Å². The molecule has 0 radical (unpaired) electrons. The summed E-state index contributed by atoms with van der Waals surface area (Å²) < 4.78 is 20.8. The molecular weight excluding hydrogens is 346 g/mol. The number of nitrogens with one attached hydrogen (secondary N) is 2. The van der Waals surface area contributed by atoms with Crippen molar-refractivity contribution in [3.8, 4) is 17.2 Å². The maximum Gasteiger partial charge on any atom is 0.357 e. The van der Waals surface area contributed by atoms with Crippen LogP contribution in [0, 0.1) is 0 Å². The molecule has 2 N–H and O–H groups in total. The first-order valence-corrected chi connectivity index (χ1v) is 8.41. The lowest BCUT2D eigenvalue weighted by atomic mass is 10.1. The average Bonchev–Trinajstić information content (AvgIpc) is 3.10. The third kappa shape index (κ3) is 4.74. The minimum absolute atomic E-state index is 0.278. The van der Waals surface area contributed by atoms with Crippen molar-refractivity contribution in [2.75, 3.05) is 33.4 Å². The van der Waals surface area contributed by atoms with Crippen molar-refractivity contribution in [2.45, 2.75) is 13.5 Å². The van der Waals surface area contributed by atoms with E-state index in [4.69, 9.17) is 18.9 Å². The molecule has 9 heteroatoms. The van der Waals surface area contributed by atoms with E-state index in [0.717, 1.165) is 5.56 Å². The molecule has 0 unspecified atom stereocenters. The highest BCUT2D eigenvalue weighted by Gasteiger charge is 2.13. The van der Waals surface area contributed by atoms with Gasteiger partial charge in [-0.05, 0) is 13.0 Å². The van der Waals surface area contributed by atoms with E-state index >= 15 is 0 Å². The van der Waals surface area contributed by atoms with Crippen molar-refractivity contribution in [1.29, 1.82) is 0 Å². The van der Waals surface area contributed by atoms with Crippen molar-refractivity contribution in [3.05, 3.63) is 28.8 Å². The van der Waals surface area contributed by atoms with Crippen LogP contribution in [0.1, 0.15) is 23.0 Å². The van der Waals surface area contributed by atoms with Crippen molar-refractivity contribution in [1.82, 2.24) is 10.4 Å². The van der Waals surface area contributed by atoms with Crippen LogP contribution in [0.5, 0.6) is 17.2 Å². The molecule has 0 aliphatic rings. The second kappa shape index (κ2) is 9.09. The second-order valence-electron chi connectivity index (χ2n) is 4.76. The van der Waals surface area contributed by atoms with Gasteiger partial charge in [-0.3, -0.25) is 5.43 Å². The quantitative estimate of drug-likeness (QED) is 0.516. The number of hydrogen-bond donors (Lipinski definition) is 2. The van der Waals surface area contributed by atoms with Crippen molar-refractivity contribution < 1.29 is 23.7 Å². The summed E-state index contributed by atoms with van der Waals surface area (Å²) in [4.78, 5) is 15.8. The van der Waals surface area contributed by atoms with E-state index in [0.29, 0.717) is 35.5 Å². The van der Waals surface area contributed by atoms with Crippen molar-refractivity contribution in [3.63, 3.8) is 0 Å². The molecule has 0 fully saturated rings. The van der Waals surface area contributed by atoms with Crippen LogP contribution in [-0.4, -0.2) is 38.9 Å². The Bertz CT molecular complexity index is 720. The highest BCUT2D eigenvalue weighted by atomic mass is 32.1. The molecule has 8 nitrogen and oxygen atoms in total. The molecule has 1 aromatic heterocycles. The van der Waals surface area contributed by atoms with E-state index in [1.54, 1.807) is 39.7 Å². The van der Waals surface area contributed by atoms with Gasteiger partial charge in [0.2, 0.25) is 0 Å². The fourth-order valence-corrected chi connectivity index (χ4v) is 2.73. The van der Waals surface area contributed by atoms with Gasteiger partial charge in [0.05, 0.1) is 27.9 Å². The largest absolute Gasteiger partial charge is 0.496 e. The van der Waals surface area contributed by atoms with E-state index in [-0.39, 0.29) is 5.69 Å². The topological polar surface area (TPSA) is 90.9 Å². The van der Waals surface area contributed by atoms with Gasteiger partial charge >= 0.3 is 5.97 Å². The molecule has 0 saturated heterocycles. The van der Waals surface area contributed by atoms with Crippen LogP contribution >= 0.6 is 11.3 Å². The molecule has 1 aromatic carbocycles. The van der Waals surface area contributed by atoms with Gasteiger partial charge in [0, 0.05) is 23.6 Å². The lowest BCUT2D eigenvalue weighted by Gasteiger charge is -2.14. The van der Waals surface area contributed by atoms with Crippen LogP contribution in [0.15, 0.2) is 17.5 Å². The van der Waals surface area contributed by atoms with Gasteiger partial charge in [-0.25, -0.2) is 15.2 Å². The Labute approximate surface area is 150 Å². The van der Waals surface area contributed by atoms with Crippen molar-refractivity contribution in [2.24, 2.45) is 0 Å². The number of carbonyl (C=O) groups excluding carboxylic acids is 1. The Hall–Kier alpha value is -2.52. The lowest BCUT2D eigenvalue weighted by Crippen LogP contribution is -2.21. The second-order valence-corrected chi connectivity index (χ2v) is 5.61. The fraction of sp³-hybridized carbons (Fsp3) is 0.375. The first-order valence-electron chi connectivity index (χ1n) is 7.53. The number of aromatic nitrogens is 1. The number of carbonyl (C=O) groups is 1. The molecule has 2 rings (SSSR count). The number of hydrogen-bond acceptors (Lipinski definition) is 9. The van der Waals surface area contributed by atoms with E-state index in [2.05, 4.69) is 15.8 Å². The number of methoxy groups -OCH3 is 3. The van der Waals surface area contributed by atoms with E-state index < -0.39 is 5.97 Å². The number of nitrogens with zero attached hydrogens (tertiary/aromatic N) is 1. The third-order valence-electron chi connectivity index (χ3n) is 3.25. The number of benzene rings is 1. The molecule has 0 aliphatic carbocycles. The average molecular weight is 367 g/mol. The predicted octanol–water partition coefficient (Wildman–Crippen LogP) is 2.46. The Morgan fingerprint density at radius 3 is 2.44 bits per heavy atom. The zero-order valence-corrected chi connectivity index (χ0v) is 15.4. The summed E-state index contributed by atoms with van der Waals surface area (Å²) in [6, 6.07) is 3.59. The highest BCUT2D eigenvalue weighted by Crippen LogP contribution is 2.34. The van der Waals surface area contributed by atoms with Gasteiger partial charge in [-0.15, -0.1) is 11.3 Å². The minimum atomic E-state index is -0.437. The number of thiazole rings is 1. The van der Waals surface area contributed by atoms with Crippen LogP contribution in [0.4, 0.5) is 5.13 Å². The Morgan fingerprint density at radius 2 is 1.80 bits per heavy atom. The molecule has 0 atom stereocenters. The van der Waals surface area contributed by atoms with Crippen LogP contribution in [-0.2, 0) is 11.3 Å². The van der Waals surface area contributed by atoms with Gasteiger partial charge in [0.15, 0.2) is 22.3 Å². The van der Waals surface area contributed by atoms with Crippen molar-refractivity contribution >= 4 is 22.4 Å². The highest BCUT2D eigenvalue weighted by molar-refractivity contribution is 7.13. The molecule has 2 aromatic rings. The lowest BCUT2D eigenvalue weighted by molar-refractivity contribution is 0.0520. The predicted molar refractivity (Wildman–Crippen MR) is 94.6 cm³/mol. The summed E-state index contributed by atoms with van der Waals surface area (Å²) in [7, 11) is 4.73. The summed E-state index contributed by atoms with van der Waals surface area (Å²) in [6.45, 7) is 2.51. The molecule has 0 aliphatic heterocycles. The molecular formula is C16H21N3O5S. The molecule has 0 amide bonds. The maximum absolute atomic E-state index is 11.6. The standard InChI is InChI=1S/C16H21N3O5S/c1-5-24-15(20)11-9-25-16(18-11)19-17-8-10-6-13(22-3)14(23-4)7-12(10)21-2/h6-7,9,17H,5,8H2,1-4H3,(H,18,19). The number of anilines is 1. The van der Waals surface area contributed by atoms with E-state index in [9.17, 15) is 4.79 Å². The minimum Gasteiger partial charge on any atom is -0.496 e. The fourth-order valence-electron chi connectivity index (χ4n) is 2.08. The zero-order valence-electron chi connectivity index (χ0n) is 14.5. The summed E-state index contributed by atoms with van der Waals surface area (Å²) >= 11 is 1.30. The summed E-state index contributed by atoms with van der Waals surface area (Å²) in [5.74, 6) is 1.43. The molecule has 0 bridgehead atoms. The van der Waals surface area contributed by atoms with Gasteiger partial charge in [-0.1, -0.05) is 0 Å². The Kier molecular flexibility index (Phi) is 6.84. The van der Waals surface area contributed by atoms with E-state index in [1.165, 1.54) is 11.3 Å². The first-order chi connectivity index (χ1) is 12.1. The van der Waals surface area contributed by atoms with Crippen LogP contribution in [0.2, 0.25) is 0 Å². The maximum atomic E-state index is 11.6. The first kappa shape index (κ1) is 18.8. The van der Waals surface area contributed by atoms with Gasteiger partial charge < -0.3 is 18.9 Å². The SMILES string of the molecule is CCOC(=O)c1csc(NNCc2cc(OC)c(OC)cc2OC)n1. The number of hydrazine groups is 1. The molecule has 0 saturated carbocycles. The number of ether oxygens (including phenoxy) is 4. The number of esters is 1. The van der Waals surface area contributed by atoms with Gasteiger partial charge in [-0.2, -0.15) is 0 Å². The Morgan fingerprint density at radius 1 is 1.12 bits per heavy atom. The summed E-state index contributed by atoms with van der Waals surface area (Å²) in [5.41, 5.74) is 7.13. The Balaban J connectivity index is 2.00. The monoisotopic (exact) mass is 367 g/mol. The van der Waals surface area contributed by atoms with Gasteiger partial charge in [0.25, 0.3) is 0 Å². The van der Waals surface area contributed by atoms with Crippen LogP contribution in [0.25, 0.3) is 0 Å². The number of rotatable bonds is 9. The van der Waals surface area contributed by atoms with Crippen LogP contribution < -0.4 is 25.1 Å². The third-order valence-corrected chi connectivity index (χ3v) is 4.01. The smallest absolute Gasteiger partial charge is 0.357 e. The normalized spacial score (nSPS) is 10.2. The summed E-state index contributed by atoms with van der Waals surface area (Å²) in [5, 5.41) is 2.20. The van der Waals surface area contributed by atoms with E-state index in [1.807, 2.05) is 6.07 Å². The molecule has 0 spiro atoms.